The van der Waals surface area contributed by atoms with Gasteiger partial charge in [-0.1, -0.05) is 0 Å². The number of nitrogens with two attached hydrogens (primary N) is 1. The van der Waals surface area contributed by atoms with Crippen molar-refractivity contribution in [3.63, 3.8) is 0 Å². The molecule has 0 radical (unpaired) electrons. The number of nitrogens with zero attached hydrogens (tertiary/aromatic N) is 1. The second-order valence-electron chi connectivity index (χ2n) is 4.17. The minimum atomic E-state index is -0.170. The first kappa shape index (κ1) is 11.0. The van der Waals surface area contributed by atoms with Crippen LogP contribution in [0.5, 0.6) is 0 Å². The van der Waals surface area contributed by atoms with Crippen LogP contribution in [0, 0.1) is 0 Å². The second-order valence-corrected chi connectivity index (χ2v) is 4.17. The smallest absolute Gasteiger partial charge is 0.0524 e. The zero-order chi connectivity index (χ0) is 9.68. The summed E-state index contributed by atoms with van der Waals surface area (Å²) in [6.07, 6.45) is 4.19. The second kappa shape index (κ2) is 5.58. The van der Waals surface area contributed by atoms with E-state index in [0.717, 1.165) is 38.9 Å². The van der Waals surface area contributed by atoms with Crippen molar-refractivity contribution in [3.8, 4) is 0 Å². The highest BCUT2D eigenvalue weighted by Crippen LogP contribution is 2.09. The molecule has 0 bridgehead atoms. The van der Waals surface area contributed by atoms with Crippen molar-refractivity contribution in [3.05, 3.63) is 0 Å². The summed E-state index contributed by atoms with van der Waals surface area (Å²) >= 11 is 0. The molecule has 0 aromatic heterocycles. The van der Waals surface area contributed by atoms with Gasteiger partial charge in [0.15, 0.2) is 0 Å². The molecule has 1 heterocycles. The lowest BCUT2D eigenvalue weighted by molar-refractivity contribution is 0.157. The summed E-state index contributed by atoms with van der Waals surface area (Å²) in [5.74, 6) is 0. The van der Waals surface area contributed by atoms with Crippen LogP contribution < -0.4 is 5.73 Å². The molecule has 78 valence electrons. The Morgan fingerprint density at radius 3 is 2.92 bits per heavy atom. The average molecular weight is 186 g/mol. The normalized spacial score (nSPS) is 28.4. The SMILES string of the molecule is CC(O)CCN1CCCC(N)CC1. The van der Waals surface area contributed by atoms with Gasteiger partial charge in [0.25, 0.3) is 0 Å². The molecule has 2 atom stereocenters. The molecule has 0 saturated carbocycles. The van der Waals surface area contributed by atoms with Crippen LogP contribution >= 0.6 is 0 Å². The van der Waals surface area contributed by atoms with Gasteiger partial charge in [-0.25, -0.2) is 0 Å². The summed E-state index contributed by atoms with van der Waals surface area (Å²) in [5.41, 5.74) is 5.88. The summed E-state index contributed by atoms with van der Waals surface area (Å²) in [5, 5.41) is 9.15. The number of hydrogen-bond donors (Lipinski definition) is 2. The quantitative estimate of drug-likeness (QED) is 0.677. The van der Waals surface area contributed by atoms with Crippen molar-refractivity contribution in [2.45, 2.75) is 44.8 Å². The molecule has 1 aliphatic heterocycles. The third-order valence-electron chi connectivity index (χ3n) is 2.73. The van der Waals surface area contributed by atoms with E-state index < -0.39 is 0 Å². The molecule has 1 fully saturated rings. The van der Waals surface area contributed by atoms with Gasteiger partial charge in [-0.05, 0) is 45.7 Å². The van der Waals surface area contributed by atoms with Crippen LogP contribution in [-0.4, -0.2) is 41.8 Å². The van der Waals surface area contributed by atoms with E-state index in [1.54, 1.807) is 0 Å². The molecule has 0 spiro atoms. The molecule has 13 heavy (non-hydrogen) atoms. The average Bonchev–Trinajstić information content (AvgIpc) is 2.27. The van der Waals surface area contributed by atoms with E-state index in [2.05, 4.69) is 4.90 Å². The third kappa shape index (κ3) is 4.60. The van der Waals surface area contributed by atoms with Gasteiger partial charge >= 0.3 is 0 Å². The van der Waals surface area contributed by atoms with Gasteiger partial charge in [-0.2, -0.15) is 0 Å². The monoisotopic (exact) mass is 186 g/mol. The van der Waals surface area contributed by atoms with Crippen molar-refractivity contribution >= 4 is 0 Å². The fourth-order valence-electron chi connectivity index (χ4n) is 1.77. The van der Waals surface area contributed by atoms with Crippen molar-refractivity contribution in [2.75, 3.05) is 19.6 Å². The molecule has 1 rings (SSSR count). The summed E-state index contributed by atoms with van der Waals surface area (Å²) in [7, 11) is 0. The highest BCUT2D eigenvalue weighted by Gasteiger charge is 2.13. The molecule has 1 aliphatic rings. The molecule has 0 amide bonds. The molecule has 2 unspecified atom stereocenters. The van der Waals surface area contributed by atoms with Gasteiger partial charge < -0.3 is 15.7 Å². The van der Waals surface area contributed by atoms with E-state index in [0.29, 0.717) is 6.04 Å². The maximum Gasteiger partial charge on any atom is 0.0524 e. The first-order valence-corrected chi connectivity index (χ1v) is 5.34. The van der Waals surface area contributed by atoms with E-state index in [-0.39, 0.29) is 6.10 Å². The summed E-state index contributed by atoms with van der Waals surface area (Å²) in [6.45, 7) is 5.13. The Hall–Kier alpha value is -0.120. The van der Waals surface area contributed by atoms with E-state index in [1.807, 2.05) is 6.92 Å². The standard InChI is InChI=1S/C10H22N2O/c1-9(13)4-7-12-6-2-3-10(11)5-8-12/h9-10,13H,2-8,11H2,1H3. The Kier molecular flexibility index (Phi) is 4.70. The Morgan fingerprint density at radius 1 is 1.46 bits per heavy atom. The van der Waals surface area contributed by atoms with E-state index in [4.69, 9.17) is 10.8 Å². The molecule has 3 nitrogen and oxygen atoms in total. The minimum absolute atomic E-state index is 0.170. The first-order valence-electron chi connectivity index (χ1n) is 5.34. The van der Waals surface area contributed by atoms with Crippen LogP contribution in [0.25, 0.3) is 0 Å². The molecular weight excluding hydrogens is 164 g/mol. The third-order valence-corrected chi connectivity index (χ3v) is 2.73. The predicted molar refractivity (Wildman–Crippen MR) is 54.6 cm³/mol. The van der Waals surface area contributed by atoms with Crippen molar-refractivity contribution in [1.29, 1.82) is 0 Å². The van der Waals surface area contributed by atoms with Crippen LogP contribution in [0.4, 0.5) is 0 Å². The Balaban J connectivity index is 2.18. The van der Waals surface area contributed by atoms with Crippen LogP contribution in [0.2, 0.25) is 0 Å². The Morgan fingerprint density at radius 2 is 2.23 bits per heavy atom. The summed E-state index contributed by atoms with van der Waals surface area (Å²) in [4.78, 5) is 2.42. The molecule has 0 aromatic rings. The minimum Gasteiger partial charge on any atom is -0.393 e. The van der Waals surface area contributed by atoms with E-state index in [1.165, 1.54) is 6.42 Å². The van der Waals surface area contributed by atoms with Gasteiger partial charge in [0.2, 0.25) is 0 Å². The Labute approximate surface area is 80.9 Å². The van der Waals surface area contributed by atoms with Gasteiger partial charge in [-0.3, -0.25) is 0 Å². The van der Waals surface area contributed by atoms with E-state index >= 15 is 0 Å². The van der Waals surface area contributed by atoms with Gasteiger partial charge in [0, 0.05) is 12.6 Å². The Bertz CT molecular complexity index is 139. The number of rotatable bonds is 3. The van der Waals surface area contributed by atoms with Gasteiger partial charge in [0.1, 0.15) is 0 Å². The van der Waals surface area contributed by atoms with E-state index in [9.17, 15) is 0 Å². The maximum absolute atomic E-state index is 9.15. The number of aliphatic hydroxyl groups is 1. The molecule has 0 aliphatic carbocycles. The topological polar surface area (TPSA) is 49.5 Å². The number of hydrogen-bond acceptors (Lipinski definition) is 3. The van der Waals surface area contributed by atoms with Gasteiger partial charge in [-0.15, -0.1) is 0 Å². The molecular formula is C10H22N2O. The van der Waals surface area contributed by atoms with Crippen molar-refractivity contribution < 1.29 is 5.11 Å². The lowest BCUT2D eigenvalue weighted by atomic mass is 10.1. The lowest BCUT2D eigenvalue weighted by Crippen LogP contribution is -2.29. The van der Waals surface area contributed by atoms with Crippen LogP contribution in [-0.2, 0) is 0 Å². The fraction of sp³-hybridized carbons (Fsp3) is 1.00. The molecule has 3 N–H and O–H groups in total. The number of likely N-dealkylation sites (tertiary alicyclic amines) is 1. The van der Waals surface area contributed by atoms with Crippen molar-refractivity contribution in [2.24, 2.45) is 5.73 Å². The predicted octanol–water partition coefficient (Wildman–Crippen LogP) is 0.570. The van der Waals surface area contributed by atoms with Crippen LogP contribution in [0.3, 0.4) is 0 Å². The summed E-state index contributed by atoms with van der Waals surface area (Å²) < 4.78 is 0. The maximum atomic E-state index is 9.15. The van der Waals surface area contributed by atoms with Gasteiger partial charge in [0.05, 0.1) is 6.10 Å². The van der Waals surface area contributed by atoms with Crippen LogP contribution in [0.1, 0.15) is 32.6 Å². The molecule has 0 aromatic carbocycles. The first-order chi connectivity index (χ1) is 6.18. The number of aliphatic hydroxyl groups excluding tert-OH is 1. The zero-order valence-corrected chi connectivity index (χ0v) is 8.58. The van der Waals surface area contributed by atoms with Crippen LogP contribution in [0.15, 0.2) is 0 Å². The molecule has 3 heteroatoms. The molecule has 1 saturated heterocycles. The summed E-state index contributed by atoms with van der Waals surface area (Å²) in [6, 6.07) is 0.400. The largest absolute Gasteiger partial charge is 0.393 e. The highest BCUT2D eigenvalue weighted by atomic mass is 16.3. The van der Waals surface area contributed by atoms with Crippen molar-refractivity contribution in [1.82, 2.24) is 4.90 Å². The zero-order valence-electron chi connectivity index (χ0n) is 8.58. The lowest BCUT2D eigenvalue weighted by Gasteiger charge is -2.20. The fourth-order valence-corrected chi connectivity index (χ4v) is 1.77. The highest BCUT2D eigenvalue weighted by molar-refractivity contribution is 4.71.